The molecular weight excluding hydrogens is 488 g/mol. The molecule has 39 heavy (non-hydrogen) atoms. The molecular formula is C33H38N2O4. The molecule has 0 spiro atoms. The van der Waals surface area contributed by atoms with Crippen LogP contribution in [0, 0.1) is 6.92 Å². The molecule has 204 valence electrons. The topological polar surface area (TPSA) is 80.6 Å². The number of rotatable bonds is 8. The van der Waals surface area contributed by atoms with Crippen molar-refractivity contribution in [2.24, 2.45) is 7.05 Å². The number of carbonyl (C=O) groups is 2. The van der Waals surface area contributed by atoms with E-state index >= 15 is 0 Å². The first kappa shape index (κ1) is 28.0. The highest BCUT2D eigenvalue weighted by atomic mass is 16.5. The Kier molecular flexibility index (Phi) is 7.86. The largest absolute Gasteiger partial charge is 0.479 e. The highest BCUT2D eigenvalue weighted by molar-refractivity contribution is 5.99. The zero-order chi connectivity index (χ0) is 28.5. The third-order valence-corrected chi connectivity index (χ3v) is 7.43. The highest BCUT2D eigenvalue weighted by Gasteiger charge is 2.19. The van der Waals surface area contributed by atoms with Gasteiger partial charge in [-0.15, -0.1) is 0 Å². The fraction of sp³-hybridized carbons (Fsp3) is 0.333. The summed E-state index contributed by atoms with van der Waals surface area (Å²) in [5.41, 5.74) is 7.26. The van der Waals surface area contributed by atoms with E-state index in [1.165, 1.54) is 12.5 Å². The minimum atomic E-state index is -1.00. The van der Waals surface area contributed by atoms with Gasteiger partial charge in [0, 0.05) is 29.2 Å². The lowest BCUT2D eigenvalue weighted by molar-refractivity contribution is -0.144. The average Bonchev–Trinajstić information content (AvgIpc) is 3.12. The second-order valence-electron chi connectivity index (χ2n) is 11.3. The smallest absolute Gasteiger partial charge is 0.344 e. The predicted molar refractivity (Wildman–Crippen MR) is 156 cm³/mol. The van der Waals surface area contributed by atoms with Gasteiger partial charge >= 0.3 is 5.97 Å². The summed E-state index contributed by atoms with van der Waals surface area (Å²) in [6.45, 7) is 12.2. The van der Waals surface area contributed by atoms with Crippen LogP contribution in [0.3, 0.4) is 0 Å². The molecule has 3 aromatic carbocycles. The first-order valence-electron chi connectivity index (χ1n) is 13.3. The summed E-state index contributed by atoms with van der Waals surface area (Å²) in [4.78, 5) is 24.4. The van der Waals surface area contributed by atoms with E-state index in [0.717, 1.165) is 33.3 Å². The number of nitrogens with one attached hydrogen (secondary N) is 1. The van der Waals surface area contributed by atoms with E-state index in [0.29, 0.717) is 17.7 Å². The number of aromatic nitrogens is 1. The van der Waals surface area contributed by atoms with Gasteiger partial charge < -0.3 is 19.7 Å². The van der Waals surface area contributed by atoms with Crippen LogP contribution >= 0.6 is 0 Å². The van der Waals surface area contributed by atoms with Gasteiger partial charge in [-0.05, 0) is 79.1 Å². The van der Waals surface area contributed by atoms with Crippen LogP contribution in [0.25, 0.3) is 10.9 Å². The normalized spacial score (nSPS) is 13.2. The van der Waals surface area contributed by atoms with Gasteiger partial charge in [-0.1, -0.05) is 63.2 Å². The van der Waals surface area contributed by atoms with Gasteiger partial charge in [0.1, 0.15) is 5.75 Å². The first-order chi connectivity index (χ1) is 18.3. The van der Waals surface area contributed by atoms with Gasteiger partial charge in [-0.3, -0.25) is 4.79 Å². The van der Waals surface area contributed by atoms with Gasteiger partial charge in [0.15, 0.2) is 6.10 Å². The Labute approximate surface area is 230 Å². The lowest BCUT2D eigenvalue weighted by Gasteiger charge is -2.22. The van der Waals surface area contributed by atoms with E-state index in [4.69, 9.17) is 9.84 Å². The standard InChI is InChI=1S/C33H38N2O4/c1-20(24-11-9-12-26(18-24)33(4,5)6)34-31(36)25-14-15-28-29(21(2)35(7)30(28)19-25)17-23-10-8-13-27(16-23)39-22(3)32(37)38/h8-16,18-20,22H,17H2,1-7H3,(H,34,36)(H,37,38)/t20-,22?/m0/s1. The number of carboxylic acid groups (broad SMARTS) is 1. The van der Waals surface area contributed by atoms with Crippen molar-refractivity contribution in [2.75, 3.05) is 0 Å². The van der Waals surface area contributed by atoms with E-state index < -0.39 is 12.1 Å². The lowest BCUT2D eigenvalue weighted by atomic mass is 9.85. The number of benzene rings is 3. The number of hydrogen-bond donors (Lipinski definition) is 2. The summed E-state index contributed by atoms with van der Waals surface area (Å²) >= 11 is 0. The molecule has 0 aliphatic heterocycles. The van der Waals surface area contributed by atoms with E-state index in [1.807, 2.05) is 56.4 Å². The van der Waals surface area contributed by atoms with Gasteiger partial charge in [-0.2, -0.15) is 0 Å². The van der Waals surface area contributed by atoms with Gasteiger partial charge in [-0.25, -0.2) is 4.79 Å². The van der Waals surface area contributed by atoms with Crippen molar-refractivity contribution in [1.29, 1.82) is 0 Å². The molecule has 1 heterocycles. The van der Waals surface area contributed by atoms with E-state index in [1.54, 1.807) is 6.07 Å². The summed E-state index contributed by atoms with van der Waals surface area (Å²) in [5, 5.41) is 13.4. The second-order valence-corrected chi connectivity index (χ2v) is 11.3. The molecule has 4 rings (SSSR count). The number of carboxylic acids is 1. The number of fused-ring (bicyclic) bond motifs is 1. The van der Waals surface area contributed by atoms with Crippen molar-refractivity contribution in [3.05, 3.63) is 100 Å². The van der Waals surface area contributed by atoms with Crippen LogP contribution in [0.5, 0.6) is 5.75 Å². The summed E-state index contributed by atoms with van der Waals surface area (Å²) in [7, 11) is 2.01. The monoisotopic (exact) mass is 526 g/mol. The van der Waals surface area contributed by atoms with Crippen molar-refractivity contribution in [3.63, 3.8) is 0 Å². The molecule has 0 saturated carbocycles. The quantitative estimate of drug-likeness (QED) is 0.267. The zero-order valence-corrected chi connectivity index (χ0v) is 23.8. The maximum absolute atomic E-state index is 13.2. The molecule has 6 heteroatoms. The number of nitrogens with zero attached hydrogens (tertiary/aromatic N) is 1. The fourth-order valence-electron chi connectivity index (χ4n) is 4.83. The Morgan fingerprint density at radius 1 is 1.00 bits per heavy atom. The average molecular weight is 527 g/mol. The Morgan fingerprint density at radius 2 is 1.72 bits per heavy atom. The van der Waals surface area contributed by atoms with Crippen LogP contribution in [-0.4, -0.2) is 27.7 Å². The van der Waals surface area contributed by atoms with Crippen molar-refractivity contribution in [3.8, 4) is 5.75 Å². The molecule has 1 amide bonds. The molecule has 2 N–H and O–H groups in total. The molecule has 4 aromatic rings. The number of aryl methyl sites for hydroxylation is 1. The number of hydrogen-bond acceptors (Lipinski definition) is 3. The Morgan fingerprint density at radius 3 is 2.41 bits per heavy atom. The van der Waals surface area contributed by atoms with Crippen molar-refractivity contribution < 1.29 is 19.4 Å². The van der Waals surface area contributed by atoms with Crippen LogP contribution in [-0.2, 0) is 23.7 Å². The van der Waals surface area contributed by atoms with E-state index in [2.05, 4.69) is 55.8 Å². The highest BCUT2D eigenvalue weighted by Crippen LogP contribution is 2.30. The SMILES string of the molecule is Cc1c(Cc2cccc(OC(C)C(=O)O)c2)c2ccc(C(=O)N[C@@H](C)c3cccc(C(C)(C)C)c3)cc2n1C. The third kappa shape index (κ3) is 6.17. The zero-order valence-electron chi connectivity index (χ0n) is 23.8. The molecule has 1 unspecified atom stereocenters. The summed E-state index contributed by atoms with van der Waals surface area (Å²) in [6, 6.07) is 21.7. The van der Waals surface area contributed by atoms with Crippen LogP contribution in [0.15, 0.2) is 66.7 Å². The molecule has 1 aromatic heterocycles. The summed E-state index contributed by atoms with van der Waals surface area (Å²) in [6.07, 6.45) is -0.261. The number of ether oxygens (including phenoxy) is 1. The molecule has 0 bridgehead atoms. The molecule has 2 atom stereocenters. The maximum atomic E-state index is 13.2. The number of carbonyl (C=O) groups excluding carboxylic acids is 1. The van der Waals surface area contributed by atoms with Gasteiger partial charge in [0.05, 0.1) is 6.04 Å². The van der Waals surface area contributed by atoms with Crippen LogP contribution in [0.2, 0.25) is 0 Å². The molecule has 0 fully saturated rings. The Hall–Kier alpha value is -4.06. The minimum absolute atomic E-state index is 0.0398. The second kappa shape index (κ2) is 11.0. The molecule has 0 aliphatic rings. The predicted octanol–water partition coefficient (Wildman–Crippen LogP) is 6.72. The van der Waals surface area contributed by atoms with E-state index in [9.17, 15) is 9.59 Å². The van der Waals surface area contributed by atoms with Gasteiger partial charge in [0.2, 0.25) is 0 Å². The van der Waals surface area contributed by atoms with Crippen LogP contribution < -0.4 is 10.1 Å². The number of amides is 1. The summed E-state index contributed by atoms with van der Waals surface area (Å²) < 4.78 is 7.67. The molecule has 0 radical (unpaired) electrons. The number of aliphatic carboxylic acids is 1. The van der Waals surface area contributed by atoms with Crippen molar-refractivity contribution >= 4 is 22.8 Å². The molecule has 0 aliphatic carbocycles. The van der Waals surface area contributed by atoms with E-state index in [-0.39, 0.29) is 17.4 Å². The Bertz CT molecular complexity index is 1530. The summed E-state index contributed by atoms with van der Waals surface area (Å²) in [5.74, 6) is -0.581. The minimum Gasteiger partial charge on any atom is -0.479 e. The Balaban J connectivity index is 1.56. The van der Waals surface area contributed by atoms with Crippen LogP contribution in [0.1, 0.15) is 79.0 Å². The lowest BCUT2D eigenvalue weighted by Crippen LogP contribution is -2.27. The van der Waals surface area contributed by atoms with Crippen LogP contribution in [0.4, 0.5) is 0 Å². The molecule has 0 saturated heterocycles. The third-order valence-electron chi connectivity index (χ3n) is 7.43. The molecule has 6 nitrogen and oxygen atoms in total. The fourth-order valence-corrected chi connectivity index (χ4v) is 4.83. The van der Waals surface area contributed by atoms with Crippen molar-refractivity contribution in [2.45, 2.75) is 65.5 Å². The first-order valence-corrected chi connectivity index (χ1v) is 13.3. The van der Waals surface area contributed by atoms with Gasteiger partial charge in [0.25, 0.3) is 5.91 Å². The van der Waals surface area contributed by atoms with Crippen molar-refractivity contribution in [1.82, 2.24) is 9.88 Å². The maximum Gasteiger partial charge on any atom is 0.344 e.